The maximum absolute atomic E-state index is 5.97. The summed E-state index contributed by atoms with van der Waals surface area (Å²) in [5, 5.41) is 2.23. The number of fused-ring (bicyclic) bond motifs is 3. The Hall–Kier alpha value is -4.31. The van der Waals surface area contributed by atoms with Crippen molar-refractivity contribution < 1.29 is 24.5 Å². The third-order valence-corrected chi connectivity index (χ3v) is 7.86. The Balaban J connectivity index is 0.000000156. The molecule has 5 heteroatoms. The van der Waals surface area contributed by atoms with E-state index in [0.717, 1.165) is 56.5 Å². The summed E-state index contributed by atoms with van der Waals surface area (Å²) in [5.41, 5.74) is 9.93. The summed E-state index contributed by atoms with van der Waals surface area (Å²) in [6, 6.07) is 37.2. The summed E-state index contributed by atoms with van der Waals surface area (Å²) in [4.78, 5) is 9.31. The van der Waals surface area contributed by atoms with Gasteiger partial charge in [-0.25, -0.2) is 0 Å². The SMILES string of the molecule is CC1C=Cc2c(CC(C)(C)C)ccc3nc(-c4[c-]cccc4)n1c23.[Ir].[c-]1ccc2c(oc3ccccc32)c1-c1ccccn1. The van der Waals surface area contributed by atoms with E-state index in [-0.39, 0.29) is 25.5 Å². The fourth-order valence-electron chi connectivity index (χ4n) is 6.00. The predicted molar refractivity (Wildman–Crippen MR) is 177 cm³/mol. The molecule has 221 valence electrons. The van der Waals surface area contributed by atoms with E-state index >= 15 is 0 Å². The first-order chi connectivity index (χ1) is 20.9. The van der Waals surface area contributed by atoms with Gasteiger partial charge in [-0.15, -0.1) is 54.1 Å². The van der Waals surface area contributed by atoms with Gasteiger partial charge in [0.15, 0.2) is 0 Å². The second-order valence-electron chi connectivity index (χ2n) is 12.3. The molecule has 4 heterocycles. The van der Waals surface area contributed by atoms with Gasteiger partial charge in [-0.3, -0.25) is 4.98 Å². The number of aromatic nitrogens is 3. The summed E-state index contributed by atoms with van der Waals surface area (Å²) >= 11 is 0. The smallest absolute Gasteiger partial charge is 0.120 e. The molecule has 0 N–H and O–H groups in total. The first-order valence-electron chi connectivity index (χ1n) is 14.8. The molecule has 4 nitrogen and oxygen atoms in total. The van der Waals surface area contributed by atoms with Crippen LogP contribution in [0.25, 0.3) is 61.7 Å². The zero-order chi connectivity index (χ0) is 29.6. The Morgan fingerprint density at radius 3 is 2.45 bits per heavy atom. The number of hydrogen-bond acceptors (Lipinski definition) is 3. The van der Waals surface area contributed by atoms with Crippen LogP contribution in [0.2, 0.25) is 0 Å². The summed E-state index contributed by atoms with van der Waals surface area (Å²) < 4.78 is 8.33. The van der Waals surface area contributed by atoms with E-state index in [1.54, 1.807) is 6.20 Å². The zero-order valence-corrected chi connectivity index (χ0v) is 27.7. The number of imidazole rings is 1. The largest absolute Gasteiger partial charge is 0.501 e. The first-order valence-corrected chi connectivity index (χ1v) is 14.8. The molecular formula is C39H33IrN3O-2. The molecule has 0 spiro atoms. The molecule has 1 radical (unpaired) electrons. The molecule has 3 aromatic heterocycles. The van der Waals surface area contributed by atoms with Gasteiger partial charge in [-0.2, -0.15) is 0 Å². The maximum atomic E-state index is 5.97. The number of allylic oxidation sites excluding steroid dienone is 1. The fraction of sp³-hybridized carbons (Fsp3) is 0.179. The molecule has 1 aliphatic rings. The van der Waals surface area contributed by atoms with Crippen molar-refractivity contribution in [1.29, 1.82) is 0 Å². The van der Waals surface area contributed by atoms with E-state index < -0.39 is 0 Å². The Kier molecular flexibility index (Phi) is 8.11. The molecule has 0 amide bonds. The number of benzene rings is 4. The molecule has 1 atom stereocenters. The third kappa shape index (κ3) is 5.54. The molecular weight excluding hydrogens is 719 g/mol. The van der Waals surface area contributed by atoms with Gasteiger partial charge in [-0.05, 0) is 48.2 Å². The van der Waals surface area contributed by atoms with Crippen molar-refractivity contribution in [3.05, 3.63) is 127 Å². The van der Waals surface area contributed by atoms with Gasteiger partial charge in [-0.1, -0.05) is 80.3 Å². The molecule has 1 unspecified atom stereocenters. The molecule has 44 heavy (non-hydrogen) atoms. The van der Waals surface area contributed by atoms with Gasteiger partial charge in [0, 0.05) is 43.3 Å². The summed E-state index contributed by atoms with van der Waals surface area (Å²) in [6.45, 7) is 9.10. The molecule has 7 aromatic rings. The Morgan fingerprint density at radius 2 is 1.68 bits per heavy atom. The van der Waals surface area contributed by atoms with Crippen molar-refractivity contribution in [2.75, 3.05) is 0 Å². The summed E-state index contributed by atoms with van der Waals surface area (Å²) in [5.74, 6) is 1.01. The Labute approximate surface area is 271 Å². The van der Waals surface area contributed by atoms with Gasteiger partial charge in [0.25, 0.3) is 0 Å². The standard InChI is InChI=1S/C22H23N2.C17H10NO.Ir/c1-15-10-12-18-17(14-22(2,3)4)11-13-19-20(18)24(15)21(23-19)16-8-6-5-7-9-16;1-2-10-16-12(6-1)13-7-5-8-14(17(13)19-16)15-9-3-4-11-18-15;/h5-8,10-13,15H,14H2,1-4H3;1-7,9-11H;/q2*-1;. The minimum absolute atomic E-state index is 0. The Morgan fingerprint density at radius 1 is 0.864 bits per heavy atom. The topological polar surface area (TPSA) is 43.9 Å². The third-order valence-electron chi connectivity index (χ3n) is 7.86. The zero-order valence-electron chi connectivity index (χ0n) is 25.3. The van der Waals surface area contributed by atoms with E-state index in [9.17, 15) is 0 Å². The van der Waals surface area contributed by atoms with Crippen LogP contribution < -0.4 is 0 Å². The average molecular weight is 752 g/mol. The minimum atomic E-state index is 0. The number of furan rings is 1. The monoisotopic (exact) mass is 752 g/mol. The normalized spacial score (nSPS) is 14.0. The molecule has 4 aromatic carbocycles. The summed E-state index contributed by atoms with van der Waals surface area (Å²) in [7, 11) is 0. The average Bonchev–Trinajstić information content (AvgIpc) is 3.60. The molecule has 8 rings (SSSR count). The van der Waals surface area contributed by atoms with Crippen LogP contribution in [0.4, 0.5) is 0 Å². The molecule has 0 saturated carbocycles. The second kappa shape index (κ2) is 12.0. The predicted octanol–water partition coefficient (Wildman–Crippen LogP) is 10.1. The van der Waals surface area contributed by atoms with Crippen LogP contribution in [-0.4, -0.2) is 14.5 Å². The molecule has 0 fully saturated rings. The van der Waals surface area contributed by atoms with Crippen LogP contribution in [0.5, 0.6) is 0 Å². The van der Waals surface area contributed by atoms with Crippen LogP contribution in [-0.2, 0) is 26.5 Å². The fourth-order valence-corrected chi connectivity index (χ4v) is 6.00. The van der Waals surface area contributed by atoms with Gasteiger partial charge in [0.05, 0.1) is 22.4 Å². The van der Waals surface area contributed by atoms with Crippen LogP contribution in [0.1, 0.15) is 44.9 Å². The Bertz CT molecular complexity index is 2100. The number of rotatable bonds is 3. The first kappa shape index (κ1) is 29.7. The quantitative estimate of drug-likeness (QED) is 0.169. The number of pyridine rings is 1. The van der Waals surface area contributed by atoms with Crippen molar-refractivity contribution in [1.82, 2.24) is 14.5 Å². The van der Waals surface area contributed by atoms with Gasteiger partial charge in [0.2, 0.25) is 0 Å². The van der Waals surface area contributed by atoms with Crippen molar-refractivity contribution in [3.8, 4) is 22.6 Å². The van der Waals surface area contributed by atoms with Gasteiger partial charge < -0.3 is 14.0 Å². The molecule has 0 bridgehead atoms. The number of para-hydroxylation sites is 1. The van der Waals surface area contributed by atoms with E-state index in [2.05, 4.69) is 85.8 Å². The van der Waals surface area contributed by atoms with Crippen molar-refractivity contribution >= 4 is 39.0 Å². The minimum Gasteiger partial charge on any atom is -0.501 e. The molecule has 1 aliphatic heterocycles. The van der Waals surface area contributed by atoms with Gasteiger partial charge >= 0.3 is 0 Å². The number of nitrogens with zero attached hydrogens (tertiary/aromatic N) is 3. The van der Waals surface area contributed by atoms with Gasteiger partial charge in [0.1, 0.15) is 5.58 Å². The van der Waals surface area contributed by atoms with Crippen molar-refractivity contribution in [2.24, 2.45) is 5.41 Å². The van der Waals surface area contributed by atoms with Crippen LogP contribution >= 0.6 is 0 Å². The van der Waals surface area contributed by atoms with Crippen LogP contribution in [0, 0.1) is 17.5 Å². The second-order valence-corrected chi connectivity index (χ2v) is 12.3. The van der Waals surface area contributed by atoms with Crippen molar-refractivity contribution in [2.45, 2.75) is 40.2 Å². The van der Waals surface area contributed by atoms with Crippen LogP contribution in [0.15, 0.2) is 108 Å². The number of hydrogen-bond donors (Lipinski definition) is 0. The molecule has 0 aliphatic carbocycles. The van der Waals surface area contributed by atoms with E-state index in [1.807, 2.05) is 66.7 Å². The van der Waals surface area contributed by atoms with E-state index in [4.69, 9.17) is 9.40 Å². The van der Waals surface area contributed by atoms with E-state index in [0.29, 0.717) is 6.04 Å². The molecule has 0 saturated heterocycles. The maximum Gasteiger partial charge on any atom is 0.120 e. The summed E-state index contributed by atoms with van der Waals surface area (Å²) in [6.07, 6.45) is 7.41. The van der Waals surface area contributed by atoms with Crippen LogP contribution in [0.3, 0.4) is 0 Å². The van der Waals surface area contributed by atoms with Crippen molar-refractivity contribution in [3.63, 3.8) is 0 Å². The van der Waals surface area contributed by atoms with E-state index in [1.165, 1.54) is 16.6 Å².